The van der Waals surface area contributed by atoms with Gasteiger partial charge in [-0.15, -0.1) is 0 Å². The maximum atomic E-state index is 12.6. The van der Waals surface area contributed by atoms with Crippen molar-refractivity contribution in [2.45, 2.75) is 131 Å². The van der Waals surface area contributed by atoms with E-state index in [0.717, 1.165) is 45.1 Å². The maximum absolute atomic E-state index is 12.6. The topological polar surface area (TPSA) is 91.4 Å². The fraction of sp³-hybridized carbons (Fsp3) is 0.906. The highest BCUT2D eigenvalue weighted by Gasteiger charge is 2.46. The molecule has 0 aromatic heterocycles. The quantitative estimate of drug-likeness (QED) is 0.385. The highest BCUT2D eigenvalue weighted by atomic mass is 16.7. The summed E-state index contributed by atoms with van der Waals surface area (Å²) in [6.07, 6.45) is 5.89. The maximum Gasteiger partial charge on any atom is 0.311 e. The lowest BCUT2D eigenvalue weighted by molar-refractivity contribution is -0.213. The predicted octanol–water partition coefficient (Wildman–Crippen LogP) is 5.80. The third-order valence-electron chi connectivity index (χ3n) is 10.1. The summed E-state index contributed by atoms with van der Waals surface area (Å²) in [7, 11) is 3.55. The Morgan fingerprint density at radius 1 is 1.05 bits per heavy atom. The average Bonchev–Trinajstić information content (AvgIpc) is 2.98. The molecule has 0 amide bonds. The van der Waals surface area contributed by atoms with Crippen molar-refractivity contribution < 1.29 is 33.3 Å². The Kier molecular flexibility index (Phi) is 13.1. The number of fused-ring (bicyclic) bond motifs is 1. The zero-order valence-electron chi connectivity index (χ0n) is 26.9. The number of nitrogens with zero attached hydrogens (tertiary/aromatic N) is 1. The summed E-state index contributed by atoms with van der Waals surface area (Å²) in [5, 5.41) is 0. The predicted molar refractivity (Wildman–Crippen MR) is 156 cm³/mol. The van der Waals surface area contributed by atoms with Gasteiger partial charge in [0.05, 0.1) is 37.3 Å². The second-order valence-electron chi connectivity index (χ2n) is 13.7. The number of Topliss-reactive ketones (excluding diaryl/α,β-unsaturated/α-hetero) is 1. The van der Waals surface area contributed by atoms with Gasteiger partial charge in [0, 0.05) is 31.8 Å². The van der Waals surface area contributed by atoms with E-state index in [1.165, 1.54) is 7.11 Å². The third-order valence-corrected chi connectivity index (χ3v) is 10.1. The van der Waals surface area contributed by atoms with Crippen LogP contribution in [0.5, 0.6) is 0 Å². The number of methoxy groups -OCH3 is 1. The van der Waals surface area contributed by atoms with E-state index in [9.17, 15) is 14.4 Å². The largest absolute Gasteiger partial charge is 0.469 e. The molecule has 0 bridgehead atoms. The van der Waals surface area contributed by atoms with Crippen molar-refractivity contribution in [3.63, 3.8) is 0 Å². The molecule has 4 unspecified atom stereocenters. The minimum absolute atomic E-state index is 0.0325. The van der Waals surface area contributed by atoms with Gasteiger partial charge in [-0.1, -0.05) is 40.5 Å². The minimum atomic E-state index is -0.435. The molecule has 0 N–H and O–H groups in total. The van der Waals surface area contributed by atoms with Crippen LogP contribution in [0.25, 0.3) is 0 Å². The molecule has 2 heterocycles. The van der Waals surface area contributed by atoms with Gasteiger partial charge in [-0.2, -0.15) is 0 Å². The van der Waals surface area contributed by atoms with Crippen LogP contribution in [0.1, 0.15) is 107 Å². The van der Waals surface area contributed by atoms with Crippen LogP contribution >= 0.6 is 0 Å². The van der Waals surface area contributed by atoms with Gasteiger partial charge in [0.1, 0.15) is 5.78 Å². The van der Waals surface area contributed by atoms with Crippen molar-refractivity contribution in [2.24, 2.45) is 28.6 Å². The summed E-state index contributed by atoms with van der Waals surface area (Å²) >= 11 is 0. The Hall–Kier alpha value is -1.51. The standard InChI is InChI=1S/C21H35NO5.C11H22O2/c1-14-11-19(26-15(2)13-22(14)3)27-18-8-6-4-5-7-17(23)12-16-9-10-25-21(24)20(16)18;1-8(2)10(3,4)11(5,6)9(12)13-7/h14-16,18-20H,4-13H2,1-3H3;8H,1-7H3/t14?,15-,16?,18?,19-,20?;/m0./s1. The van der Waals surface area contributed by atoms with Gasteiger partial charge in [0.2, 0.25) is 0 Å². The lowest BCUT2D eigenvalue weighted by Crippen LogP contribution is -2.44. The molecule has 0 aromatic carbocycles. The average molecular weight is 568 g/mol. The van der Waals surface area contributed by atoms with Crippen LogP contribution in [0.3, 0.4) is 0 Å². The first-order valence-corrected chi connectivity index (χ1v) is 15.4. The second-order valence-corrected chi connectivity index (χ2v) is 13.7. The molecule has 3 aliphatic rings. The molecule has 2 saturated heterocycles. The first kappa shape index (κ1) is 34.7. The zero-order chi connectivity index (χ0) is 30.3. The summed E-state index contributed by atoms with van der Waals surface area (Å²) in [5.41, 5.74) is -0.490. The van der Waals surface area contributed by atoms with Gasteiger partial charge in [-0.3, -0.25) is 14.4 Å². The Bertz CT molecular complexity index is 839. The summed E-state index contributed by atoms with van der Waals surface area (Å²) < 4.78 is 22.8. The molecule has 1 saturated carbocycles. The van der Waals surface area contributed by atoms with E-state index in [1.807, 2.05) is 13.8 Å². The molecule has 232 valence electrons. The number of likely N-dealkylation sites (N-methyl/N-ethyl adjacent to an activating group) is 1. The Morgan fingerprint density at radius 3 is 2.35 bits per heavy atom. The van der Waals surface area contributed by atoms with Crippen LogP contribution in [0.4, 0.5) is 0 Å². The fourth-order valence-corrected chi connectivity index (χ4v) is 5.96. The monoisotopic (exact) mass is 567 g/mol. The third kappa shape index (κ3) is 8.99. The SMILES string of the molecule is CC1C[C@H](OC2CCCCCC(=O)CC3CCOC(=O)C32)O[C@@H](C)CN1C.COC(=O)C(C)(C)C(C)(C)C(C)C. The van der Waals surface area contributed by atoms with Crippen molar-refractivity contribution in [3.8, 4) is 0 Å². The number of cyclic esters (lactones) is 1. The number of ether oxygens (including phenoxy) is 4. The Morgan fingerprint density at radius 2 is 1.73 bits per heavy atom. The van der Waals surface area contributed by atoms with Crippen LogP contribution in [0.2, 0.25) is 0 Å². The fourth-order valence-electron chi connectivity index (χ4n) is 5.96. The smallest absolute Gasteiger partial charge is 0.311 e. The highest BCUT2D eigenvalue weighted by Crippen LogP contribution is 2.45. The summed E-state index contributed by atoms with van der Waals surface area (Å²) in [4.78, 5) is 38.8. The number of rotatable bonds is 5. The number of hydrogen-bond acceptors (Lipinski definition) is 8. The minimum Gasteiger partial charge on any atom is -0.469 e. The van der Waals surface area contributed by atoms with Gasteiger partial charge >= 0.3 is 11.9 Å². The van der Waals surface area contributed by atoms with Crippen LogP contribution in [-0.2, 0) is 33.3 Å². The number of hydrogen-bond donors (Lipinski definition) is 0. The van der Waals surface area contributed by atoms with Gasteiger partial charge in [-0.05, 0) is 71.3 Å². The van der Waals surface area contributed by atoms with E-state index >= 15 is 0 Å². The van der Waals surface area contributed by atoms with Crippen LogP contribution in [0, 0.1) is 28.6 Å². The van der Waals surface area contributed by atoms with Crippen LogP contribution < -0.4 is 0 Å². The van der Waals surface area contributed by atoms with E-state index < -0.39 is 5.41 Å². The van der Waals surface area contributed by atoms with Crippen molar-refractivity contribution >= 4 is 17.7 Å². The summed E-state index contributed by atoms with van der Waals surface area (Å²) in [5.74, 6) is 0.0698. The van der Waals surface area contributed by atoms with Crippen molar-refractivity contribution in [2.75, 3.05) is 27.3 Å². The molecule has 0 spiro atoms. The van der Waals surface area contributed by atoms with E-state index in [0.29, 0.717) is 31.4 Å². The molecular weight excluding hydrogens is 510 g/mol. The van der Waals surface area contributed by atoms with Crippen molar-refractivity contribution in [1.29, 1.82) is 0 Å². The molecule has 8 heteroatoms. The zero-order valence-corrected chi connectivity index (χ0v) is 26.9. The van der Waals surface area contributed by atoms with Gasteiger partial charge < -0.3 is 23.8 Å². The molecule has 0 aromatic rings. The second kappa shape index (κ2) is 15.1. The lowest BCUT2D eigenvalue weighted by Gasteiger charge is -2.42. The molecule has 1 aliphatic carbocycles. The first-order valence-electron chi connectivity index (χ1n) is 15.4. The molecule has 2 aliphatic heterocycles. The Balaban J connectivity index is 0.000000366. The van der Waals surface area contributed by atoms with Gasteiger partial charge in [0.25, 0.3) is 0 Å². The molecule has 3 rings (SSSR count). The molecule has 3 fully saturated rings. The van der Waals surface area contributed by atoms with Crippen LogP contribution in [0.15, 0.2) is 0 Å². The van der Waals surface area contributed by atoms with Gasteiger partial charge in [0.15, 0.2) is 6.29 Å². The highest BCUT2D eigenvalue weighted by molar-refractivity contribution is 5.81. The summed E-state index contributed by atoms with van der Waals surface area (Å²) in [6.45, 7) is 17.9. The van der Waals surface area contributed by atoms with E-state index in [2.05, 4.69) is 53.5 Å². The number of carbonyl (C=O) groups excluding carboxylic acids is 3. The van der Waals surface area contributed by atoms with Crippen molar-refractivity contribution in [1.82, 2.24) is 4.90 Å². The van der Waals surface area contributed by atoms with E-state index in [1.54, 1.807) is 0 Å². The molecule has 40 heavy (non-hydrogen) atoms. The van der Waals surface area contributed by atoms with Crippen molar-refractivity contribution in [3.05, 3.63) is 0 Å². The lowest BCUT2D eigenvalue weighted by atomic mass is 9.62. The first-order chi connectivity index (χ1) is 18.6. The van der Waals surface area contributed by atoms with E-state index in [4.69, 9.17) is 18.9 Å². The van der Waals surface area contributed by atoms with Gasteiger partial charge in [-0.25, -0.2) is 0 Å². The number of esters is 2. The summed E-state index contributed by atoms with van der Waals surface area (Å²) in [6, 6.07) is 0.357. The molecule has 8 nitrogen and oxygen atoms in total. The molecular formula is C32H57NO7. The normalized spacial score (nSPS) is 31.3. The molecule has 0 radical (unpaired) electrons. The number of carbonyl (C=O) groups is 3. The van der Waals surface area contributed by atoms with Crippen LogP contribution in [-0.4, -0.2) is 74.5 Å². The molecule has 6 atom stereocenters. The van der Waals surface area contributed by atoms with E-state index in [-0.39, 0.29) is 53.5 Å². The Labute approximate surface area is 243 Å². The number of ketones is 1.